The summed E-state index contributed by atoms with van der Waals surface area (Å²) in [5.74, 6) is 0.350. The molecule has 0 unspecified atom stereocenters. The van der Waals surface area contributed by atoms with Crippen LogP contribution in [0.5, 0.6) is 5.75 Å². The van der Waals surface area contributed by atoms with Gasteiger partial charge in [0.1, 0.15) is 5.75 Å². The van der Waals surface area contributed by atoms with Gasteiger partial charge in [-0.05, 0) is 23.3 Å². The summed E-state index contributed by atoms with van der Waals surface area (Å²) < 4.78 is 5.50. The molecule has 0 atom stereocenters. The summed E-state index contributed by atoms with van der Waals surface area (Å²) in [5, 5.41) is 15.6. The van der Waals surface area contributed by atoms with Gasteiger partial charge in [-0.15, -0.1) is 0 Å². The van der Waals surface area contributed by atoms with Crippen molar-refractivity contribution in [3.63, 3.8) is 0 Å². The number of rotatable bonds is 8. The molecular weight excluding hydrogens is 250 g/mol. The lowest BCUT2D eigenvalue weighted by Gasteiger charge is -2.10. The summed E-state index contributed by atoms with van der Waals surface area (Å²) in [6.45, 7) is 5.16. The number of benzene rings is 2. The first-order valence-electron chi connectivity index (χ1n) is 7.31. The fourth-order valence-electron chi connectivity index (χ4n) is 2.22. The normalized spacial score (nSPS) is 11.1. The summed E-state index contributed by atoms with van der Waals surface area (Å²) in [4.78, 5) is 0. The molecule has 0 radical (unpaired) electrons. The van der Waals surface area contributed by atoms with Gasteiger partial charge in [0.25, 0.3) is 0 Å². The molecule has 0 aliphatic rings. The Morgan fingerprint density at radius 1 is 1.10 bits per heavy atom. The third-order valence-electron chi connectivity index (χ3n) is 3.38. The topological polar surface area (TPSA) is 41.5 Å². The zero-order valence-corrected chi connectivity index (χ0v) is 12.1. The Balaban J connectivity index is 1.88. The maximum absolute atomic E-state index is 10.0. The van der Waals surface area contributed by atoms with Crippen molar-refractivity contribution in [2.75, 3.05) is 19.8 Å². The Morgan fingerprint density at radius 3 is 2.80 bits per heavy atom. The van der Waals surface area contributed by atoms with Gasteiger partial charge in [0.05, 0.1) is 6.61 Å². The van der Waals surface area contributed by atoms with Crippen molar-refractivity contribution in [2.45, 2.75) is 26.3 Å². The highest BCUT2D eigenvalue weighted by molar-refractivity contribution is 5.87. The van der Waals surface area contributed by atoms with Gasteiger partial charge in [0.2, 0.25) is 0 Å². The van der Waals surface area contributed by atoms with Crippen molar-refractivity contribution in [3.8, 4) is 5.75 Å². The zero-order chi connectivity index (χ0) is 14.2. The van der Waals surface area contributed by atoms with Gasteiger partial charge >= 0.3 is 0 Å². The molecular formula is C17H23NO2. The number of fused-ring (bicyclic) bond motifs is 1. The van der Waals surface area contributed by atoms with Crippen LogP contribution in [0.3, 0.4) is 0 Å². The molecule has 0 amide bonds. The van der Waals surface area contributed by atoms with Crippen LogP contribution < -0.4 is 5.32 Å². The van der Waals surface area contributed by atoms with E-state index in [1.54, 1.807) is 6.07 Å². The molecule has 3 nitrogen and oxygen atoms in total. The smallest absolute Gasteiger partial charge is 0.120 e. The van der Waals surface area contributed by atoms with Gasteiger partial charge in [-0.2, -0.15) is 0 Å². The van der Waals surface area contributed by atoms with Crippen molar-refractivity contribution in [2.24, 2.45) is 0 Å². The van der Waals surface area contributed by atoms with Gasteiger partial charge in [-0.25, -0.2) is 0 Å². The van der Waals surface area contributed by atoms with Crippen LogP contribution in [0, 0.1) is 0 Å². The fraction of sp³-hybridized carbons (Fsp3) is 0.412. The summed E-state index contributed by atoms with van der Waals surface area (Å²) >= 11 is 0. The first-order chi connectivity index (χ1) is 9.83. The predicted molar refractivity (Wildman–Crippen MR) is 83.0 cm³/mol. The van der Waals surface area contributed by atoms with Crippen LogP contribution in [0.1, 0.15) is 25.3 Å². The maximum Gasteiger partial charge on any atom is 0.120 e. The Morgan fingerprint density at radius 2 is 1.95 bits per heavy atom. The molecule has 0 fully saturated rings. The largest absolute Gasteiger partial charge is 0.508 e. The van der Waals surface area contributed by atoms with E-state index in [0.717, 1.165) is 42.3 Å². The molecule has 2 aromatic carbocycles. The number of phenolic OH excluding ortho intramolecular Hbond substituents is 1. The molecule has 20 heavy (non-hydrogen) atoms. The fourth-order valence-corrected chi connectivity index (χ4v) is 2.22. The lowest BCUT2D eigenvalue weighted by molar-refractivity contribution is 0.133. The molecule has 0 bridgehead atoms. The molecule has 3 heteroatoms. The van der Waals surface area contributed by atoms with Crippen molar-refractivity contribution in [1.82, 2.24) is 5.32 Å². The van der Waals surface area contributed by atoms with E-state index >= 15 is 0 Å². The van der Waals surface area contributed by atoms with E-state index in [4.69, 9.17) is 4.74 Å². The molecule has 2 rings (SSSR count). The molecule has 0 heterocycles. The lowest BCUT2D eigenvalue weighted by atomic mass is 10.0. The Bertz CT molecular complexity index is 540. The van der Waals surface area contributed by atoms with Gasteiger partial charge in [-0.1, -0.05) is 43.7 Å². The van der Waals surface area contributed by atoms with Crippen LogP contribution in [0.15, 0.2) is 36.4 Å². The molecule has 0 saturated carbocycles. The lowest BCUT2D eigenvalue weighted by Crippen LogP contribution is -2.19. The van der Waals surface area contributed by atoms with Crippen LogP contribution in [0.4, 0.5) is 0 Å². The van der Waals surface area contributed by atoms with E-state index < -0.39 is 0 Å². The quantitative estimate of drug-likeness (QED) is 0.724. The molecule has 108 valence electrons. The maximum atomic E-state index is 10.0. The van der Waals surface area contributed by atoms with Crippen molar-refractivity contribution < 1.29 is 9.84 Å². The number of aromatic hydroxyl groups is 1. The molecule has 2 N–H and O–H groups in total. The highest BCUT2D eigenvalue weighted by Crippen LogP contribution is 2.26. The van der Waals surface area contributed by atoms with E-state index in [9.17, 15) is 5.11 Å². The summed E-state index contributed by atoms with van der Waals surface area (Å²) in [6, 6.07) is 11.8. The molecule has 2 aromatic rings. The third kappa shape index (κ3) is 3.95. The van der Waals surface area contributed by atoms with Crippen molar-refractivity contribution in [1.29, 1.82) is 0 Å². The average Bonchev–Trinajstić information content (AvgIpc) is 2.48. The van der Waals surface area contributed by atoms with Crippen molar-refractivity contribution >= 4 is 10.8 Å². The highest BCUT2D eigenvalue weighted by atomic mass is 16.5. The van der Waals surface area contributed by atoms with Gasteiger partial charge in [0, 0.05) is 25.3 Å². The Hall–Kier alpha value is -1.58. The second-order valence-corrected chi connectivity index (χ2v) is 4.93. The van der Waals surface area contributed by atoms with Crippen LogP contribution in [0.2, 0.25) is 0 Å². The van der Waals surface area contributed by atoms with E-state index in [-0.39, 0.29) is 0 Å². The molecule has 0 aliphatic carbocycles. The Labute approximate surface area is 120 Å². The molecule has 0 saturated heterocycles. The highest BCUT2D eigenvalue weighted by Gasteiger charge is 2.05. The van der Waals surface area contributed by atoms with E-state index in [1.165, 1.54) is 0 Å². The predicted octanol–water partition coefficient (Wildman–Crippen LogP) is 3.45. The SMILES string of the molecule is CCCCOCCNCc1c(O)ccc2ccccc12. The summed E-state index contributed by atoms with van der Waals surface area (Å²) in [7, 11) is 0. The van der Waals surface area contributed by atoms with Crippen LogP contribution >= 0.6 is 0 Å². The number of hydrogen-bond donors (Lipinski definition) is 2. The van der Waals surface area contributed by atoms with E-state index in [1.807, 2.05) is 24.3 Å². The number of hydrogen-bond acceptors (Lipinski definition) is 3. The van der Waals surface area contributed by atoms with Crippen LogP contribution in [0.25, 0.3) is 10.8 Å². The standard InChI is InChI=1S/C17H23NO2/c1-2-3-11-20-12-10-18-13-16-15-7-5-4-6-14(15)8-9-17(16)19/h4-9,18-19H,2-3,10-13H2,1H3. The van der Waals surface area contributed by atoms with E-state index in [2.05, 4.69) is 18.3 Å². The Kier molecular flexibility index (Phi) is 5.84. The van der Waals surface area contributed by atoms with Crippen LogP contribution in [-0.2, 0) is 11.3 Å². The van der Waals surface area contributed by atoms with Crippen molar-refractivity contribution in [3.05, 3.63) is 42.0 Å². The number of unbranched alkanes of at least 4 members (excludes halogenated alkanes) is 1. The third-order valence-corrected chi connectivity index (χ3v) is 3.38. The van der Waals surface area contributed by atoms with Crippen LogP contribution in [-0.4, -0.2) is 24.9 Å². The summed E-state index contributed by atoms with van der Waals surface area (Å²) in [5.41, 5.74) is 0.955. The second kappa shape index (κ2) is 7.88. The zero-order valence-electron chi connectivity index (χ0n) is 12.1. The second-order valence-electron chi connectivity index (χ2n) is 4.93. The first-order valence-corrected chi connectivity index (χ1v) is 7.31. The molecule has 0 spiro atoms. The van der Waals surface area contributed by atoms with E-state index in [0.29, 0.717) is 18.9 Å². The first kappa shape index (κ1) is 14.8. The molecule has 0 aliphatic heterocycles. The molecule has 0 aromatic heterocycles. The monoisotopic (exact) mass is 273 g/mol. The minimum Gasteiger partial charge on any atom is -0.508 e. The minimum atomic E-state index is 0.350. The van der Waals surface area contributed by atoms with Gasteiger partial charge in [0.15, 0.2) is 0 Å². The van der Waals surface area contributed by atoms with Gasteiger partial charge in [-0.3, -0.25) is 0 Å². The summed E-state index contributed by atoms with van der Waals surface area (Å²) in [6.07, 6.45) is 2.28. The minimum absolute atomic E-state index is 0.350. The number of phenols is 1. The number of nitrogens with one attached hydrogen (secondary N) is 1. The average molecular weight is 273 g/mol. The van der Waals surface area contributed by atoms with Gasteiger partial charge < -0.3 is 15.2 Å². The number of ether oxygens (including phenoxy) is 1.